The van der Waals surface area contributed by atoms with Gasteiger partial charge in [-0.05, 0) is 26.0 Å². The van der Waals surface area contributed by atoms with E-state index < -0.39 is 0 Å². The molecule has 0 spiro atoms. The van der Waals surface area contributed by atoms with Gasteiger partial charge in [0.15, 0.2) is 0 Å². The average Bonchev–Trinajstić information content (AvgIpc) is 2.81. The van der Waals surface area contributed by atoms with Crippen LogP contribution < -0.4 is 0 Å². The van der Waals surface area contributed by atoms with E-state index in [0.29, 0.717) is 12.1 Å². The Morgan fingerprint density at radius 2 is 2.00 bits per heavy atom. The minimum atomic E-state index is -0.136. The molecular weight excluding hydrogens is 222 g/mol. The number of hydrogen-bond acceptors (Lipinski definition) is 3. The highest BCUT2D eigenvalue weighted by atomic mass is 32.2. The van der Waals surface area contributed by atoms with Crippen LogP contribution in [0.3, 0.4) is 0 Å². The Kier molecular flexibility index (Phi) is 3.10. The second-order valence-corrected chi connectivity index (χ2v) is 5.93. The number of carbonyl (C=O) groups is 2. The lowest BCUT2D eigenvalue weighted by Crippen LogP contribution is -2.42. The number of amides is 2. The summed E-state index contributed by atoms with van der Waals surface area (Å²) in [6.45, 7) is 2.29. The molecule has 2 amide bonds. The van der Waals surface area contributed by atoms with E-state index >= 15 is 0 Å². The van der Waals surface area contributed by atoms with Crippen molar-refractivity contribution in [1.29, 1.82) is 0 Å². The second-order valence-electron chi connectivity index (χ2n) is 4.65. The molecule has 1 fully saturated rings. The smallest absolute Gasteiger partial charge is 0.256 e. The number of hydrogen-bond donors (Lipinski definition) is 0. The summed E-state index contributed by atoms with van der Waals surface area (Å²) in [6.07, 6.45) is 8.18. The van der Waals surface area contributed by atoms with Crippen LogP contribution in [0.25, 0.3) is 0 Å². The Balaban J connectivity index is 2.10. The van der Waals surface area contributed by atoms with Gasteiger partial charge in [0, 0.05) is 22.9 Å². The van der Waals surface area contributed by atoms with Crippen LogP contribution in [0, 0.1) is 0 Å². The van der Waals surface area contributed by atoms with Gasteiger partial charge in [-0.25, -0.2) is 0 Å². The third-order valence-corrected chi connectivity index (χ3v) is 4.99. The largest absolute Gasteiger partial charge is 0.274 e. The van der Waals surface area contributed by atoms with Crippen LogP contribution in [0.5, 0.6) is 0 Å². The lowest BCUT2D eigenvalue weighted by atomic mass is 10.1. The molecule has 0 aromatic heterocycles. The maximum atomic E-state index is 11.8. The van der Waals surface area contributed by atoms with Gasteiger partial charge in [0.1, 0.15) is 0 Å². The Hall–Kier alpha value is -0.770. The van der Waals surface area contributed by atoms with Crippen LogP contribution in [0.4, 0.5) is 0 Å². The first-order valence-corrected chi connectivity index (χ1v) is 6.90. The molecule has 88 valence electrons. The molecule has 16 heavy (non-hydrogen) atoms. The van der Waals surface area contributed by atoms with E-state index in [9.17, 15) is 9.59 Å². The third-order valence-electron chi connectivity index (χ3n) is 3.58. The van der Waals surface area contributed by atoms with Crippen LogP contribution in [0.1, 0.15) is 32.6 Å². The molecule has 1 saturated carbocycles. The maximum Gasteiger partial charge on any atom is 0.256 e. The Labute approximate surface area is 100 Å². The molecule has 0 atom stereocenters. The monoisotopic (exact) mass is 239 g/mol. The molecule has 1 aliphatic carbocycles. The topological polar surface area (TPSA) is 37.4 Å². The highest BCUT2D eigenvalue weighted by Gasteiger charge is 2.39. The fraction of sp³-hybridized carbons (Fsp3) is 0.667. The molecular formula is C12H17NO2S. The summed E-state index contributed by atoms with van der Waals surface area (Å²) in [5.41, 5.74) is 0.569. The van der Waals surface area contributed by atoms with Crippen LogP contribution in [0.2, 0.25) is 0 Å². The van der Waals surface area contributed by atoms with E-state index in [-0.39, 0.29) is 16.6 Å². The van der Waals surface area contributed by atoms with Gasteiger partial charge in [-0.15, -0.1) is 0 Å². The minimum absolute atomic E-state index is 0.106. The fourth-order valence-corrected chi connectivity index (χ4v) is 3.48. The van der Waals surface area contributed by atoms with Crippen LogP contribution >= 0.6 is 11.8 Å². The van der Waals surface area contributed by atoms with E-state index in [1.807, 2.05) is 0 Å². The van der Waals surface area contributed by atoms with Gasteiger partial charge in [-0.2, -0.15) is 11.8 Å². The van der Waals surface area contributed by atoms with Gasteiger partial charge in [0.05, 0.1) is 0 Å². The zero-order valence-corrected chi connectivity index (χ0v) is 10.6. The van der Waals surface area contributed by atoms with Crippen LogP contribution in [0.15, 0.2) is 11.6 Å². The first-order valence-electron chi connectivity index (χ1n) is 5.67. The van der Waals surface area contributed by atoms with Gasteiger partial charge < -0.3 is 0 Å². The van der Waals surface area contributed by atoms with E-state index in [4.69, 9.17) is 0 Å². The lowest BCUT2D eigenvalue weighted by molar-refractivity contribution is -0.137. The summed E-state index contributed by atoms with van der Waals surface area (Å²) in [5.74, 6) is -0.242. The van der Waals surface area contributed by atoms with Gasteiger partial charge in [-0.3, -0.25) is 14.5 Å². The van der Waals surface area contributed by atoms with Crippen molar-refractivity contribution in [1.82, 2.24) is 4.90 Å². The van der Waals surface area contributed by atoms with Crippen molar-refractivity contribution in [3.05, 3.63) is 11.6 Å². The molecule has 3 nitrogen and oxygen atoms in total. The van der Waals surface area contributed by atoms with Crippen molar-refractivity contribution in [3.8, 4) is 0 Å². The Morgan fingerprint density at radius 1 is 1.38 bits per heavy atom. The van der Waals surface area contributed by atoms with Crippen molar-refractivity contribution in [3.63, 3.8) is 0 Å². The predicted octanol–water partition coefficient (Wildman–Crippen LogP) is 1.98. The standard InChI is InChI=1S/C12H17NO2S/c1-9-7-10(14)13(11(9)15)8-12(16-2)5-3-4-6-12/h7H,3-6,8H2,1-2H3. The van der Waals surface area contributed by atoms with E-state index in [1.54, 1.807) is 18.7 Å². The van der Waals surface area contributed by atoms with E-state index in [2.05, 4.69) is 6.26 Å². The minimum Gasteiger partial charge on any atom is -0.274 e. The van der Waals surface area contributed by atoms with Crippen molar-refractivity contribution in [2.24, 2.45) is 0 Å². The number of carbonyl (C=O) groups excluding carboxylic acids is 2. The summed E-state index contributed by atoms with van der Waals surface area (Å²) in [6, 6.07) is 0. The zero-order valence-electron chi connectivity index (χ0n) is 9.78. The number of thioether (sulfide) groups is 1. The molecule has 0 aromatic carbocycles. The third kappa shape index (κ3) is 1.90. The van der Waals surface area contributed by atoms with E-state index in [1.165, 1.54) is 23.8 Å². The normalized spacial score (nSPS) is 24.1. The lowest BCUT2D eigenvalue weighted by Gasteiger charge is -2.30. The molecule has 1 heterocycles. The molecule has 2 rings (SSSR count). The first kappa shape index (κ1) is 11.7. The molecule has 0 bridgehead atoms. The molecule has 0 N–H and O–H groups in total. The zero-order chi connectivity index (χ0) is 11.8. The summed E-state index contributed by atoms with van der Waals surface area (Å²) < 4.78 is 0.115. The van der Waals surface area contributed by atoms with Gasteiger partial charge >= 0.3 is 0 Å². The second kappa shape index (κ2) is 4.24. The molecule has 0 unspecified atom stereocenters. The first-order chi connectivity index (χ1) is 7.58. The molecule has 0 aromatic rings. The molecule has 1 aliphatic heterocycles. The molecule has 0 saturated heterocycles. The fourth-order valence-electron chi connectivity index (χ4n) is 2.52. The summed E-state index contributed by atoms with van der Waals surface area (Å²) in [7, 11) is 0. The quantitative estimate of drug-likeness (QED) is 0.707. The van der Waals surface area contributed by atoms with Crippen molar-refractivity contribution < 1.29 is 9.59 Å². The SMILES string of the molecule is CSC1(CN2C(=O)C=C(C)C2=O)CCCC1. The number of imide groups is 1. The molecule has 2 aliphatic rings. The van der Waals surface area contributed by atoms with Crippen molar-refractivity contribution in [2.45, 2.75) is 37.4 Å². The van der Waals surface area contributed by atoms with E-state index in [0.717, 1.165) is 12.8 Å². The van der Waals surface area contributed by atoms with Gasteiger partial charge in [0.2, 0.25) is 0 Å². The Bertz CT molecular complexity index is 356. The van der Waals surface area contributed by atoms with Gasteiger partial charge in [0.25, 0.3) is 11.8 Å². The van der Waals surface area contributed by atoms with Crippen molar-refractivity contribution >= 4 is 23.6 Å². The molecule has 0 radical (unpaired) electrons. The highest BCUT2D eigenvalue weighted by molar-refractivity contribution is 8.00. The predicted molar refractivity (Wildman–Crippen MR) is 65.2 cm³/mol. The Morgan fingerprint density at radius 3 is 2.44 bits per heavy atom. The summed E-state index contributed by atoms with van der Waals surface area (Å²) in [5, 5.41) is 0. The molecule has 4 heteroatoms. The number of nitrogens with zero attached hydrogens (tertiary/aromatic N) is 1. The average molecular weight is 239 g/mol. The van der Waals surface area contributed by atoms with Crippen LogP contribution in [-0.2, 0) is 9.59 Å². The number of rotatable bonds is 3. The van der Waals surface area contributed by atoms with Gasteiger partial charge in [-0.1, -0.05) is 12.8 Å². The van der Waals surface area contributed by atoms with Crippen molar-refractivity contribution in [2.75, 3.05) is 12.8 Å². The summed E-state index contributed by atoms with van der Waals surface area (Å²) >= 11 is 1.80. The van der Waals surface area contributed by atoms with Crippen LogP contribution in [-0.4, -0.2) is 34.3 Å². The maximum absolute atomic E-state index is 11.8. The highest BCUT2D eigenvalue weighted by Crippen LogP contribution is 2.41. The summed E-state index contributed by atoms with van der Waals surface area (Å²) in [4.78, 5) is 24.9.